The lowest BCUT2D eigenvalue weighted by molar-refractivity contribution is 0.246. The first-order valence-corrected chi connectivity index (χ1v) is 8.09. The van der Waals surface area contributed by atoms with E-state index < -0.39 is 0 Å². The molecular formula is C18H27NO. The maximum atomic E-state index is 5.54. The van der Waals surface area contributed by atoms with Crippen LogP contribution >= 0.6 is 0 Å². The third kappa shape index (κ3) is 2.85. The van der Waals surface area contributed by atoms with Crippen LogP contribution in [0.5, 0.6) is 5.75 Å². The molecule has 1 N–H and O–H groups in total. The van der Waals surface area contributed by atoms with Crippen molar-refractivity contribution < 1.29 is 4.74 Å². The first-order chi connectivity index (χ1) is 9.76. The van der Waals surface area contributed by atoms with E-state index in [0.29, 0.717) is 5.41 Å². The summed E-state index contributed by atoms with van der Waals surface area (Å²) in [5.74, 6) is 3.10. The summed E-state index contributed by atoms with van der Waals surface area (Å²) in [6.07, 6.45) is 6.69. The van der Waals surface area contributed by atoms with Gasteiger partial charge in [0.2, 0.25) is 0 Å². The average Bonchev–Trinajstić information content (AvgIpc) is 3.08. The highest BCUT2D eigenvalue weighted by atomic mass is 16.5. The van der Waals surface area contributed by atoms with Crippen LogP contribution in [0.1, 0.15) is 38.2 Å². The SMILES string of the molecule is CCCNCC1(Cc2ccccc2OC)CC2CC2C1. The second-order valence-electron chi connectivity index (χ2n) is 6.83. The topological polar surface area (TPSA) is 21.3 Å². The van der Waals surface area contributed by atoms with Crippen molar-refractivity contribution >= 4 is 0 Å². The van der Waals surface area contributed by atoms with Gasteiger partial charge in [-0.1, -0.05) is 25.1 Å². The number of rotatable bonds is 7. The number of hydrogen-bond acceptors (Lipinski definition) is 2. The summed E-state index contributed by atoms with van der Waals surface area (Å²) in [7, 11) is 1.78. The molecule has 0 amide bonds. The maximum Gasteiger partial charge on any atom is 0.122 e. The Morgan fingerprint density at radius 3 is 2.70 bits per heavy atom. The summed E-state index contributed by atoms with van der Waals surface area (Å²) >= 11 is 0. The van der Waals surface area contributed by atoms with Crippen LogP contribution in [0.15, 0.2) is 24.3 Å². The van der Waals surface area contributed by atoms with Crippen LogP contribution in [0, 0.1) is 17.3 Å². The molecule has 0 aliphatic heterocycles. The van der Waals surface area contributed by atoms with Crippen LogP contribution in [-0.2, 0) is 6.42 Å². The van der Waals surface area contributed by atoms with Crippen molar-refractivity contribution in [1.82, 2.24) is 5.32 Å². The maximum absolute atomic E-state index is 5.54. The minimum atomic E-state index is 0.470. The molecule has 2 nitrogen and oxygen atoms in total. The molecule has 2 aliphatic carbocycles. The Hall–Kier alpha value is -1.02. The van der Waals surface area contributed by atoms with Gasteiger partial charge < -0.3 is 10.1 Å². The summed E-state index contributed by atoms with van der Waals surface area (Å²) in [6.45, 7) is 4.56. The van der Waals surface area contributed by atoms with Crippen molar-refractivity contribution in [2.45, 2.75) is 39.0 Å². The summed E-state index contributed by atoms with van der Waals surface area (Å²) in [6, 6.07) is 8.54. The number of methoxy groups -OCH3 is 1. The monoisotopic (exact) mass is 273 g/mol. The van der Waals surface area contributed by atoms with E-state index in [1.165, 1.54) is 44.2 Å². The number of ether oxygens (including phenoxy) is 1. The van der Waals surface area contributed by atoms with Crippen molar-refractivity contribution in [1.29, 1.82) is 0 Å². The van der Waals surface area contributed by atoms with E-state index in [4.69, 9.17) is 4.74 Å². The molecule has 2 fully saturated rings. The van der Waals surface area contributed by atoms with Gasteiger partial charge in [-0.05, 0) is 67.5 Å². The van der Waals surface area contributed by atoms with E-state index in [9.17, 15) is 0 Å². The molecule has 0 radical (unpaired) electrons. The van der Waals surface area contributed by atoms with Crippen molar-refractivity contribution in [3.63, 3.8) is 0 Å². The minimum absolute atomic E-state index is 0.470. The van der Waals surface area contributed by atoms with E-state index in [1.807, 2.05) is 0 Å². The molecule has 0 saturated heterocycles. The Bertz CT molecular complexity index is 446. The molecule has 3 rings (SSSR count). The summed E-state index contributed by atoms with van der Waals surface area (Å²) < 4.78 is 5.54. The standard InChI is InChI=1S/C18H27NO/c1-3-8-19-13-18(11-15-9-16(15)12-18)10-14-6-4-5-7-17(14)20-2/h4-7,15-16,19H,3,8-13H2,1-2H3. The largest absolute Gasteiger partial charge is 0.496 e. The lowest BCUT2D eigenvalue weighted by atomic mass is 9.77. The Balaban J connectivity index is 1.72. The predicted molar refractivity (Wildman–Crippen MR) is 83.1 cm³/mol. The van der Waals surface area contributed by atoms with E-state index >= 15 is 0 Å². The van der Waals surface area contributed by atoms with Gasteiger partial charge in [0.15, 0.2) is 0 Å². The third-order valence-corrected chi connectivity index (χ3v) is 5.14. The lowest BCUT2D eigenvalue weighted by Gasteiger charge is -2.32. The molecule has 2 aliphatic rings. The first-order valence-electron chi connectivity index (χ1n) is 8.09. The van der Waals surface area contributed by atoms with Gasteiger partial charge in [0.05, 0.1) is 7.11 Å². The average molecular weight is 273 g/mol. The molecule has 0 heterocycles. The molecule has 0 bridgehead atoms. The molecule has 2 saturated carbocycles. The van der Waals surface area contributed by atoms with E-state index in [1.54, 1.807) is 7.11 Å². The normalized spacial score (nSPS) is 31.1. The van der Waals surface area contributed by atoms with Gasteiger partial charge in [-0.25, -0.2) is 0 Å². The molecule has 2 heteroatoms. The smallest absolute Gasteiger partial charge is 0.122 e. The summed E-state index contributed by atoms with van der Waals surface area (Å²) in [4.78, 5) is 0. The van der Waals surface area contributed by atoms with Gasteiger partial charge in [-0.2, -0.15) is 0 Å². The zero-order valence-electron chi connectivity index (χ0n) is 12.8. The third-order valence-electron chi connectivity index (χ3n) is 5.14. The van der Waals surface area contributed by atoms with Crippen molar-refractivity contribution in [2.24, 2.45) is 17.3 Å². The number of para-hydroxylation sites is 1. The van der Waals surface area contributed by atoms with Crippen LogP contribution < -0.4 is 10.1 Å². The molecular weight excluding hydrogens is 246 g/mol. The lowest BCUT2D eigenvalue weighted by Crippen LogP contribution is -2.35. The second-order valence-corrected chi connectivity index (χ2v) is 6.83. The van der Waals surface area contributed by atoms with Crippen LogP contribution in [0.3, 0.4) is 0 Å². The molecule has 2 atom stereocenters. The highest BCUT2D eigenvalue weighted by Gasteiger charge is 2.53. The summed E-state index contributed by atoms with van der Waals surface area (Å²) in [5.41, 5.74) is 1.85. The predicted octanol–water partition coefficient (Wildman–Crippen LogP) is 3.65. The number of hydrogen-bond donors (Lipinski definition) is 1. The molecule has 0 aromatic heterocycles. The highest BCUT2D eigenvalue weighted by Crippen LogP contribution is 2.60. The van der Waals surface area contributed by atoms with Crippen LogP contribution in [0.25, 0.3) is 0 Å². The molecule has 20 heavy (non-hydrogen) atoms. The van der Waals surface area contributed by atoms with Crippen LogP contribution in [-0.4, -0.2) is 20.2 Å². The zero-order chi connectivity index (χ0) is 14.0. The van der Waals surface area contributed by atoms with Gasteiger partial charge in [-0.15, -0.1) is 0 Å². The highest BCUT2D eigenvalue weighted by molar-refractivity contribution is 5.34. The van der Waals surface area contributed by atoms with Crippen molar-refractivity contribution in [3.05, 3.63) is 29.8 Å². The van der Waals surface area contributed by atoms with Gasteiger partial charge in [0.25, 0.3) is 0 Å². The van der Waals surface area contributed by atoms with Gasteiger partial charge >= 0.3 is 0 Å². The van der Waals surface area contributed by atoms with Gasteiger partial charge in [0, 0.05) is 6.54 Å². The fourth-order valence-electron chi connectivity index (χ4n) is 4.14. The fraction of sp³-hybridized carbons (Fsp3) is 0.667. The van der Waals surface area contributed by atoms with Crippen molar-refractivity contribution in [3.8, 4) is 5.75 Å². The molecule has 2 unspecified atom stereocenters. The Kier molecular flexibility index (Phi) is 4.02. The van der Waals surface area contributed by atoms with E-state index in [-0.39, 0.29) is 0 Å². The second kappa shape index (κ2) is 5.77. The quantitative estimate of drug-likeness (QED) is 0.766. The Labute approximate surface area is 122 Å². The number of benzene rings is 1. The first kappa shape index (κ1) is 13.9. The number of fused-ring (bicyclic) bond motifs is 1. The van der Waals surface area contributed by atoms with Crippen LogP contribution in [0.2, 0.25) is 0 Å². The molecule has 0 spiro atoms. The molecule has 1 aromatic rings. The zero-order valence-corrected chi connectivity index (χ0v) is 12.8. The molecule has 110 valence electrons. The van der Waals surface area contributed by atoms with E-state index in [0.717, 1.165) is 24.1 Å². The Morgan fingerprint density at radius 2 is 2.00 bits per heavy atom. The Morgan fingerprint density at radius 1 is 1.25 bits per heavy atom. The van der Waals surface area contributed by atoms with Gasteiger partial charge in [0.1, 0.15) is 5.75 Å². The van der Waals surface area contributed by atoms with Gasteiger partial charge in [-0.3, -0.25) is 0 Å². The fourth-order valence-corrected chi connectivity index (χ4v) is 4.14. The molecule has 1 aromatic carbocycles. The van der Waals surface area contributed by atoms with Crippen LogP contribution in [0.4, 0.5) is 0 Å². The minimum Gasteiger partial charge on any atom is -0.496 e. The van der Waals surface area contributed by atoms with Crippen molar-refractivity contribution in [2.75, 3.05) is 20.2 Å². The number of nitrogens with one attached hydrogen (secondary N) is 1. The van der Waals surface area contributed by atoms with E-state index in [2.05, 4.69) is 36.5 Å². The summed E-state index contributed by atoms with van der Waals surface area (Å²) in [5, 5.41) is 3.68.